The fourth-order valence-corrected chi connectivity index (χ4v) is 2.81. The fraction of sp³-hybridized carbons (Fsp3) is 0.222. The van der Waals surface area contributed by atoms with Crippen LogP contribution >= 0.6 is 11.6 Å². The van der Waals surface area contributed by atoms with Gasteiger partial charge in [0.2, 0.25) is 5.82 Å². The van der Waals surface area contributed by atoms with Crippen molar-refractivity contribution >= 4 is 40.0 Å². The van der Waals surface area contributed by atoms with Crippen molar-refractivity contribution in [2.24, 2.45) is 0 Å². The molecular formula is C18H17ClFN5O. The molecule has 6 nitrogen and oxygen atoms in total. The number of nitrogens with zero attached hydrogens (tertiary/aromatic N) is 4. The van der Waals surface area contributed by atoms with Crippen molar-refractivity contribution in [1.82, 2.24) is 15.0 Å². The number of anilines is 2. The summed E-state index contributed by atoms with van der Waals surface area (Å²) in [6.45, 7) is 3.79. The van der Waals surface area contributed by atoms with Gasteiger partial charge >= 0.3 is 0 Å². The molecule has 3 aromatic rings. The van der Waals surface area contributed by atoms with Crippen LogP contribution in [-0.2, 0) is 0 Å². The summed E-state index contributed by atoms with van der Waals surface area (Å²) < 4.78 is 13.9. The van der Waals surface area contributed by atoms with Crippen LogP contribution in [0.25, 0.3) is 11.0 Å². The number of hydrogen-bond acceptors (Lipinski definition) is 5. The molecule has 2 heterocycles. The normalized spacial score (nSPS) is 10.8. The van der Waals surface area contributed by atoms with Crippen molar-refractivity contribution in [2.75, 3.05) is 24.3 Å². The maximum Gasteiger partial charge on any atom is 0.293 e. The van der Waals surface area contributed by atoms with E-state index in [0.29, 0.717) is 11.5 Å². The molecule has 0 aliphatic carbocycles. The van der Waals surface area contributed by atoms with Gasteiger partial charge in [-0.25, -0.2) is 19.3 Å². The summed E-state index contributed by atoms with van der Waals surface area (Å²) in [5.41, 5.74) is 2.17. The Labute approximate surface area is 155 Å². The van der Waals surface area contributed by atoms with Crippen molar-refractivity contribution in [3.8, 4) is 0 Å². The predicted octanol–water partition coefficient (Wildman–Crippen LogP) is 3.75. The van der Waals surface area contributed by atoms with Gasteiger partial charge in [0.25, 0.3) is 5.91 Å². The molecule has 0 aliphatic heterocycles. The van der Waals surface area contributed by atoms with E-state index in [1.54, 1.807) is 4.90 Å². The van der Waals surface area contributed by atoms with Crippen LogP contribution in [0, 0.1) is 19.7 Å². The highest BCUT2D eigenvalue weighted by Crippen LogP contribution is 2.26. The van der Waals surface area contributed by atoms with E-state index >= 15 is 0 Å². The van der Waals surface area contributed by atoms with Crippen molar-refractivity contribution in [2.45, 2.75) is 13.8 Å². The molecule has 0 radical (unpaired) electrons. The second-order valence-electron chi connectivity index (χ2n) is 6.12. The van der Waals surface area contributed by atoms with E-state index in [1.165, 1.54) is 12.1 Å². The summed E-state index contributed by atoms with van der Waals surface area (Å²) in [7, 11) is 3.64. The Balaban J connectivity index is 2.08. The van der Waals surface area contributed by atoms with Gasteiger partial charge < -0.3 is 10.2 Å². The first-order valence-electron chi connectivity index (χ1n) is 7.86. The molecule has 0 bridgehead atoms. The van der Waals surface area contributed by atoms with Gasteiger partial charge in [0.05, 0.1) is 11.1 Å². The number of rotatable bonds is 3. The summed E-state index contributed by atoms with van der Waals surface area (Å²) >= 11 is 5.73. The van der Waals surface area contributed by atoms with Gasteiger partial charge in [-0.1, -0.05) is 11.6 Å². The Bertz CT molecular complexity index is 1020. The van der Waals surface area contributed by atoms with Crippen LogP contribution < -0.4 is 10.2 Å². The maximum atomic E-state index is 13.9. The minimum absolute atomic E-state index is 0.00267. The van der Waals surface area contributed by atoms with E-state index in [9.17, 15) is 9.18 Å². The molecule has 134 valence electrons. The van der Waals surface area contributed by atoms with Crippen LogP contribution in [-0.4, -0.2) is 35.0 Å². The number of fused-ring (bicyclic) bond motifs is 1. The molecule has 0 unspecified atom stereocenters. The van der Waals surface area contributed by atoms with Crippen LogP contribution in [0.15, 0.2) is 24.3 Å². The SMILES string of the molecule is Cc1cc(C)c2c(N(C)C)nc(C(=O)Nc3ccc(Cl)cc3F)nc2n1. The zero-order valence-corrected chi connectivity index (χ0v) is 15.5. The van der Waals surface area contributed by atoms with Crippen molar-refractivity contribution in [3.63, 3.8) is 0 Å². The molecule has 1 amide bonds. The van der Waals surface area contributed by atoms with E-state index < -0.39 is 11.7 Å². The van der Waals surface area contributed by atoms with Crippen LogP contribution in [0.1, 0.15) is 21.9 Å². The molecule has 0 fully saturated rings. The van der Waals surface area contributed by atoms with E-state index in [2.05, 4.69) is 20.3 Å². The average molecular weight is 374 g/mol. The van der Waals surface area contributed by atoms with Crippen LogP contribution in [0.4, 0.5) is 15.9 Å². The topological polar surface area (TPSA) is 71.0 Å². The number of aryl methyl sites for hydroxylation is 2. The van der Waals surface area contributed by atoms with E-state index in [4.69, 9.17) is 11.6 Å². The summed E-state index contributed by atoms with van der Waals surface area (Å²) in [4.78, 5) is 27.4. The lowest BCUT2D eigenvalue weighted by molar-refractivity contribution is 0.101. The number of halogens is 2. The molecule has 0 spiro atoms. The average Bonchev–Trinajstić information content (AvgIpc) is 2.55. The number of pyridine rings is 1. The molecule has 1 aromatic carbocycles. The lowest BCUT2D eigenvalue weighted by Gasteiger charge is -2.16. The molecule has 0 aliphatic rings. The monoisotopic (exact) mass is 373 g/mol. The third-order valence-electron chi connectivity index (χ3n) is 3.78. The number of hydrogen-bond donors (Lipinski definition) is 1. The minimum atomic E-state index is -0.635. The van der Waals surface area contributed by atoms with Gasteiger partial charge in [-0.2, -0.15) is 0 Å². The Hall–Kier alpha value is -2.80. The number of amides is 1. The molecular weight excluding hydrogens is 357 g/mol. The van der Waals surface area contributed by atoms with Gasteiger partial charge in [-0.15, -0.1) is 0 Å². The van der Waals surface area contributed by atoms with Crippen LogP contribution in [0.3, 0.4) is 0 Å². The molecule has 8 heteroatoms. The van der Waals surface area contributed by atoms with Gasteiger partial charge in [-0.3, -0.25) is 4.79 Å². The molecule has 0 saturated heterocycles. The first kappa shape index (κ1) is 18.0. The largest absolute Gasteiger partial charge is 0.362 e. The highest BCUT2D eigenvalue weighted by atomic mass is 35.5. The Morgan fingerprint density at radius 2 is 1.88 bits per heavy atom. The lowest BCUT2D eigenvalue weighted by atomic mass is 10.1. The van der Waals surface area contributed by atoms with Crippen molar-refractivity contribution in [3.05, 3.63) is 52.2 Å². The minimum Gasteiger partial charge on any atom is -0.362 e. The smallest absolute Gasteiger partial charge is 0.293 e. The standard InChI is InChI=1S/C18H17ClFN5O/c1-9-7-10(2)21-15-14(9)17(25(3)4)24-16(23-15)18(26)22-13-6-5-11(19)8-12(13)20/h5-8H,1-4H3,(H,22,26). The number of aromatic nitrogens is 3. The maximum absolute atomic E-state index is 13.9. The second-order valence-corrected chi connectivity index (χ2v) is 6.56. The number of carbonyl (C=O) groups is 1. The predicted molar refractivity (Wildman–Crippen MR) is 100 cm³/mol. The lowest BCUT2D eigenvalue weighted by Crippen LogP contribution is -2.20. The van der Waals surface area contributed by atoms with Gasteiger partial charge in [0.1, 0.15) is 11.6 Å². The van der Waals surface area contributed by atoms with Crippen molar-refractivity contribution in [1.29, 1.82) is 0 Å². The zero-order chi connectivity index (χ0) is 19.0. The Morgan fingerprint density at radius 1 is 1.15 bits per heavy atom. The zero-order valence-electron chi connectivity index (χ0n) is 14.8. The molecule has 0 atom stereocenters. The van der Waals surface area contributed by atoms with Crippen LogP contribution in [0.2, 0.25) is 5.02 Å². The Kier molecular flexibility index (Phi) is 4.73. The molecule has 2 aromatic heterocycles. The highest BCUT2D eigenvalue weighted by Gasteiger charge is 2.19. The molecule has 26 heavy (non-hydrogen) atoms. The number of carbonyl (C=O) groups excluding carboxylic acids is 1. The van der Waals surface area contributed by atoms with Gasteiger partial charge in [0.15, 0.2) is 5.65 Å². The molecule has 3 rings (SSSR count). The fourth-order valence-electron chi connectivity index (χ4n) is 2.65. The summed E-state index contributed by atoms with van der Waals surface area (Å²) in [6.07, 6.45) is 0. The quantitative estimate of drug-likeness (QED) is 0.757. The Morgan fingerprint density at radius 3 is 2.54 bits per heavy atom. The third-order valence-corrected chi connectivity index (χ3v) is 4.01. The first-order chi connectivity index (χ1) is 12.3. The number of nitrogens with one attached hydrogen (secondary N) is 1. The molecule has 0 saturated carbocycles. The highest BCUT2D eigenvalue weighted by molar-refractivity contribution is 6.30. The first-order valence-corrected chi connectivity index (χ1v) is 8.24. The van der Waals surface area contributed by atoms with Crippen molar-refractivity contribution < 1.29 is 9.18 Å². The summed E-state index contributed by atoms with van der Waals surface area (Å²) in [5.74, 6) is -0.781. The number of benzene rings is 1. The van der Waals surface area contributed by atoms with Gasteiger partial charge in [0, 0.05) is 24.8 Å². The molecule has 1 N–H and O–H groups in total. The third kappa shape index (κ3) is 3.43. The summed E-state index contributed by atoms with van der Waals surface area (Å²) in [5, 5.41) is 3.49. The summed E-state index contributed by atoms with van der Waals surface area (Å²) in [6, 6.07) is 5.93. The van der Waals surface area contributed by atoms with E-state index in [1.807, 2.05) is 34.0 Å². The van der Waals surface area contributed by atoms with E-state index in [-0.39, 0.29) is 16.5 Å². The van der Waals surface area contributed by atoms with Crippen LogP contribution in [0.5, 0.6) is 0 Å². The van der Waals surface area contributed by atoms with Gasteiger partial charge in [-0.05, 0) is 43.7 Å². The second kappa shape index (κ2) is 6.84. The van der Waals surface area contributed by atoms with E-state index in [0.717, 1.165) is 22.7 Å².